The summed E-state index contributed by atoms with van der Waals surface area (Å²) < 4.78 is 11.5. The number of nitrogens with one attached hydrogen (secondary N) is 2. The van der Waals surface area contributed by atoms with Crippen molar-refractivity contribution >= 4 is 23.0 Å². The van der Waals surface area contributed by atoms with Crippen LogP contribution in [-0.2, 0) is 6.54 Å². The van der Waals surface area contributed by atoms with E-state index in [0.717, 1.165) is 46.4 Å². The lowest BCUT2D eigenvalue weighted by Gasteiger charge is -2.13. The molecule has 3 aromatic rings. The highest BCUT2D eigenvalue weighted by atomic mass is 32.1. The summed E-state index contributed by atoms with van der Waals surface area (Å²) in [5, 5.41) is 9.68. The van der Waals surface area contributed by atoms with Gasteiger partial charge in [0.05, 0.1) is 25.5 Å². The summed E-state index contributed by atoms with van der Waals surface area (Å²) in [6, 6.07) is 16.0. The van der Waals surface area contributed by atoms with Crippen molar-refractivity contribution in [2.24, 2.45) is 4.99 Å². The molecule has 7 heteroatoms. The van der Waals surface area contributed by atoms with Crippen LogP contribution < -0.4 is 20.1 Å². The van der Waals surface area contributed by atoms with Gasteiger partial charge in [0.2, 0.25) is 0 Å². The van der Waals surface area contributed by atoms with Crippen LogP contribution in [0.1, 0.15) is 19.0 Å². The first-order chi connectivity index (χ1) is 14.3. The lowest BCUT2D eigenvalue weighted by Crippen LogP contribution is -2.30. The lowest BCUT2D eigenvalue weighted by molar-refractivity contribution is 0.297. The van der Waals surface area contributed by atoms with Gasteiger partial charge >= 0.3 is 0 Å². The van der Waals surface area contributed by atoms with Crippen LogP contribution in [0.4, 0.5) is 5.69 Å². The minimum Gasteiger partial charge on any atom is -0.490 e. The number of aromatic nitrogens is 1. The van der Waals surface area contributed by atoms with E-state index in [-0.39, 0.29) is 0 Å². The highest BCUT2D eigenvalue weighted by molar-refractivity contribution is 7.13. The van der Waals surface area contributed by atoms with Crippen LogP contribution in [0.5, 0.6) is 11.5 Å². The van der Waals surface area contributed by atoms with Crippen molar-refractivity contribution in [3.8, 4) is 22.1 Å². The second kappa shape index (κ2) is 9.43. The molecule has 2 aromatic carbocycles. The largest absolute Gasteiger partial charge is 0.490 e. The van der Waals surface area contributed by atoms with Crippen molar-refractivity contribution in [2.75, 3.05) is 25.1 Å². The van der Waals surface area contributed by atoms with Gasteiger partial charge in [0, 0.05) is 35.7 Å². The van der Waals surface area contributed by atoms with Gasteiger partial charge in [0.15, 0.2) is 17.5 Å². The third-order valence-electron chi connectivity index (χ3n) is 4.33. The Balaban J connectivity index is 1.46. The molecular weight excluding hydrogens is 384 g/mol. The van der Waals surface area contributed by atoms with E-state index < -0.39 is 0 Å². The molecule has 2 heterocycles. The molecule has 0 unspecified atom stereocenters. The molecular formula is C22H24N4O2S. The fraction of sp³-hybridized carbons (Fsp3) is 0.273. The summed E-state index contributed by atoms with van der Waals surface area (Å²) in [5.74, 6) is 2.25. The van der Waals surface area contributed by atoms with Gasteiger partial charge in [-0.25, -0.2) is 9.98 Å². The van der Waals surface area contributed by atoms with Crippen LogP contribution in [-0.4, -0.2) is 30.7 Å². The standard InChI is InChI=1S/C22H24N4O2S/c1-2-23-22(26-17-9-10-19-20(13-17)28-12-6-11-27-19)24-14-18-15-29-21(25-18)16-7-4-3-5-8-16/h3-5,7-10,13,15H,2,6,11-12,14H2,1H3,(H2,23,24,26). The third kappa shape index (κ3) is 5.06. The monoisotopic (exact) mass is 408 g/mol. The van der Waals surface area contributed by atoms with Crippen molar-refractivity contribution in [1.29, 1.82) is 0 Å². The molecule has 0 atom stereocenters. The first-order valence-electron chi connectivity index (χ1n) is 9.76. The summed E-state index contributed by atoms with van der Waals surface area (Å²) in [7, 11) is 0. The second-order valence-electron chi connectivity index (χ2n) is 6.54. The molecule has 1 aliphatic rings. The van der Waals surface area contributed by atoms with Gasteiger partial charge in [-0.1, -0.05) is 30.3 Å². The van der Waals surface area contributed by atoms with Crippen LogP contribution in [0.25, 0.3) is 10.6 Å². The number of nitrogens with zero attached hydrogens (tertiary/aromatic N) is 2. The number of anilines is 1. The molecule has 0 radical (unpaired) electrons. The molecule has 0 saturated carbocycles. The second-order valence-corrected chi connectivity index (χ2v) is 7.40. The summed E-state index contributed by atoms with van der Waals surface area (Å²) in [6.45, 7) is 4.66. The van der Waals surface area contributed by atoms with Gasteiger partial charge in [-0.2, -0.15) is 0 Å². The Morgan fingerprint density at radius 1 is 1.10 bits per heavy atom. The van der Waals surface area contributed by atoms with E-state index in [2.05, 4.69) is 33.1 Å². The van der Waals surface area contributed by atoms with Crippen LogP contribution >= 0.6 is 11.3 Å². The third-order valence-corrected chi connectivity index (χ3v) is 5.27. The molecule has 0 bridgehead atoms. The normalized spacial score (nSPS) is 13.6. The Bertz CT molecular complexity index is 972. The summed E-state index contributed by atoms with van der Waals surface area (Å²) >= 11 is 1.64. The Morgan fingerprint density at radius 2 is 1.93 bits per heavy atom. The molecule has 0 saturated heterocycles. The average molecular weight is 409 g/mol. The molecule has 0 amide bonds. The van der Waals surface area contributed by atoms with Crippen molar-refractivity contribution in [1.82, 2.24) is 10.3 Å². The predicted molar refractivity (Wildman–Crippen MR) is 118 cm³/mol. The highest BCUT2D eigenvalue weighted by Gasteiger charge is 2.11. The van der Waals surface area contributed by atoms with E-state index in [4.69, 9.17) is 14.5 Å². The maximum Gasteiger partial charge on any atom is 0.196 e. The average Bonchev–Trinajstić information content (AvgIpc) is 3.11. The summed E-state index contributed by atoms with van der Waals surface area (Å²) in [6.07, 6.45) is 0.889. The Labute approximate surface area is 174 Å². The molecule has 6 nitrogen and oxygen atoms in total. The minimum absolute atomic E-state index is 0.503. The molecule has 0 aliphatic carbocycles. The number of aliphatic imine (C=N–C) groups is 1. The number of fused-ring (bicyclic) bond motifs is 1. The molecule has 4 rings (SSSR count). The van der Waals surface area contributed by atoms with Crippen LogP contribution in [0.2, 0.25) is 0 Å². The van der Waals surface area contributed by atoms with Gasteiger partial charge in [-0.05, 0) is 19.1 Å². The number of benzene rings is 2. The minimum atomic E-state index is 0.503. The Kier molecular flexibility index (Phi) is 6.26. The van der Waals surface area contributed by atoms with Crippen molar-refractivity contribution in [2.45, 2.75) is 19.9 Å². The smallest absolute Gasteiger partial charge is 0.196 e. The Morgan fingerprint density at radius 3 is 2.76 bits per heavy atom. The zero-order valence-electron chi connectivity index (χ0n) is 16.4. The SMILES string of the molecule is CCNC(=NCc1csc(-c2ccccc2)n1)Nc1ccc2c(c1)OCCCO2. The van der Waals surface area contributed by atoms with Gasteiger partial charge in [0.1, 0.15) is 5.01 Å². The highest BCUT2D eigenvalue weighted by Crippen LogP contribution is 2.32. The van der Waals surface area contributed by atoms with E-state index in [1.54, 1.807) is 11.3 Å². The van der Waals surface area contributed by atoms with Gasteiger partial charge < -0.3 is 20.1 Å². The molecule has 29 heavy (non-hydrogen) atoms. The molecule has 1 aliphatic heterocycles. The fourth-order valence-electron chi connectivity index (χ4n) is 2.94. The van der Waals surface area contributed by atoms with Crippen LogP contribution in [0.3, 0.4) is 0 Å². The van der Waals surface area contributed by atoms with Crippen molar-refractivity contribution < 1.29 is 9.47 Å². The molecule has 0 fully saturated rings. The quantitative estimate of drug-likeness (QED) is 0.479. The van der Waals surface area contributed by atoms with Crippen molar-refractivity contribution in [3.05, 3.63) is 59.6 Å². The summed E-state index contributed by atoms with van der Waals surface area (Å²) in [4.78, 5) is 9.39. The van der Waals surface area contributed by atoms with Gasteiger partial charge in [-0.15, -0.1) is 11.3 Å². The maximum atomic E-state index is 5.77. The number of thiazole rings is 1. The van der Waals surface area contributed by atoms with Crippen molar-refractivity contribution in [3.63, 3.8) is 0 Å². The van der Waals surface area contributed by atoms with Gasteiger partial charge in [-0.3, -0.25) is 0 Å². The number of hydrogen-bond donors (Lipinski definition) is 2. The first kappa shape index (κ1) is 19.3. The number of rotatable bonds is 5. The molecule has 0 spiro atoms. The zero-order chi connectivity index (χ0) is 19.9. The van der Waals surface area contributed by atoms with E-state index >= 15 is 0 Å². The number of guanidine groups is 1. The van der Waals surface area contributed by atoms with Crippen LogP contribution in [0, 0.1) is 0 Å². The topological polar surface area (TPSA) is 67.8 Å². The van der Waals surface area contributed by atoms with E-state index in [9.17, 15) is 0 Å². The summed E-state index contributed by atoms with van der Waals surface area (Å²) in [5.41, 5.74) is 2.98. The maximum absolute atomic E-state index is 5.77. The zero-order valence-corrected chi connectivity index (χ0v) is 17.2. The fourth-order valence-corrected chi connectivity index (χ4v) is 3.75. The Hall–Kier alpha value is -3.06. The van der Waals surface area contributed by atoms with Gasteiger partial charge in [0.25, 0.3) is 0 Å². The molecule has 150 valence electrons. The molecule has 1 aromatic heterocycles. The number of ether oxygens (including phenoxy) is 2. The van der Waals surface area contributed by atoms with E-state index in [1.165, 1.54) is 0 Å². The first-order valence-corrected chi connectivity index (χ1v) is 10.6. The predicted octanol–water partition coefficient (Wildman–Crippen LogP) is 4.55. The van der Waals surface area contributed by atoms with E-state index in [0.29, 0.717) is 25.7 Å². The molecule has 2 N–H and O–H groups in total. The van der Waals surface area contributed by atoms with Crippen LogP contribution in [0.15, 0.2) is 58.9 Å². The lowest BCUT2D eigenvalue weighted by atomic mass is 10.2. The van der Waals surface area contributed by atoms with E-state index in [1.807, 2.05) is 43.3 Å². The number of hydrogen-bond acceptors (Lipinski definition) is 5.